The topological polar surface area (TPSA) is 168 Å². The van der Waals surface area contributed by atoms with Crippen molar-refractivity contribution in [1.29, 1.82) is 0 Å². The molecule has 3 amide bonds. The second-order valence-corrected chi connectivity index (χ2v) is 14.9. The minimum atomic E-state index is -4.28. The number of benzene rings is 1. The Kier molecular flexibility index (Phi) is 9.62. The van der Waals surface area contributed by atoms with Gasteiger partial charge < -0.3 is 25.4 Å². The number of alkyl carbamates (subject to hydrolysis) is 1. The molecule has 1 aromatic carbocycles. The Bertz CT molecular complexity index is 1370. The Morgan fingerprint density at radius 1 is 1.14 bits per heavy atom. The highest BCUT2D eigenvalue weighted by atomic mass is 79.9. The van der Waals surface area contributed by atoms with Crippen LogP contribution in [-0.4, -0.2) is 78.7 Å². The maximum Gasteiger partial charge on any atom is 0.408 e. The first kappa shape index (κ1) is 32.9. The van der Waals surface area contributed by atoms with Gasteiger partial charge in [-0.3, -0.25) is 13.8 Å². The number of carbonyl (C=O) groups excluding carboxylic acids is 3. The molecule has 0 bridgehead atoms. The summed E-state index contributed by atoms with van der Waals surface area (Å²) in [6, 6.07) is 3.38. The van der Waals surface area contributed by atoms with Gasteiger partial charge in [-0.15, -0.1) is 6.58 Å². The van der Waals surface area contributed by atoms with Crippen molar-refractivity contribution >= 4 is 49.9 Å². The van der Waals surface area contributed by atoms with E-state index in [-0.39, 0.29) is 30.4 Å². The number of ether oxygens (including phenoxy) is 1. The summed E-state index contributed by atoms with van der Waals surface area (Å²) in [5.74, 6) is -3.16. The van der Waals surface area contributed by atoms with Crippen molar-refractivity contribution in [3.05, 3.63) is 41.4 Å². The molecule has 4 rings (SSSR count). The van der Waals surface area contributed by atoms with E-state index in [2.05, 4.69) is 33.1 Å². The van der Waals surface area contributed by atoms with Crippen LogP contribution >= 0.6 is 15.9 Å². The zero-order valence-corrected chi connectivity index (χ0v) is 26.8. The first-order valence-electron chi connectivity index (χ1n) is 14.2. The number of aliphatic carboxylic acids is 1. The summed E-state index contributed by atoms with van der Waals surface area (Å²) in [7, 11) is -4.28. The first-order chi connectivity index (χ1) is 20.1. The van der Waals surface area contributed by atoms with Crippen molar-refractivity contribution in [2.75, 3.05) is 6.54 Å². The van der Waals surface area contributed by atoms with Gasteiger partial charge in [0.05, 0.1) is 11.0 Å². The van der Waals surface area contributed by atoms with Gasteiger partial charge in [-0.25, -0.2) is 9.59 Å². The standard InChI is InChI=1S/C29H38BrN3O9S/c1-5-17-15-29(17,26(36)37)32-24(34)22-14-20(42-43(39,40)21-12-10-18(30)11-13-21)16-33(22)25(35)23(28(2,3)4)31-27(38)41-19-8-6-7-9-19/h5,10-13,17,19-20,22-23H,1,6-9,14-16H2,2-4H3,(H,31,38)(H,32,34)(H,36,37). The Morgan fingerprint density at radius 3 is 2.30 bits per heavy atom. The van der Waals surface area contributed by atoms with E-state index in [4.69, 9.17) is 8.92 Å². The molecule has 2 saturated carbocycles. The molecular weight excluding hydrogens is 646 g/mol. The molecule has 12 nitrogen and oxygen atoms in total. The lowest BCUT2D eigenvalue weighted by atomic mass is 9.85. The number of likely N-dealkylation sites (tertiary alicyclic amines) is 1. The van der Waals surface area contributed by atoms with Crippen LogP contribution in [0.2, 0.25) is 0 Å². The van der Waals surface area contributed by atoms with Crippen LogP contribution in [0.3, 0.4) is 0 Å². The second-order valence-electron chi connectivity index (χ2n) is 12.4. The maximum absolute atomic E-state index is 14.1. The fourth-order valence-corrected chi connectivity index (χ4v) is 6.98. The fraction of sp³-hybridized carbons (Fsp3) is 0.586. The fourth-order valence-electron chi connectivity index (χ4n) is 5.64. The zero-order chi connectivity index (χ0) is 31.7. The predicted molar refractivity (Wildman–Crippen MR) is 158 cm³/mol. The molecule has 5 atom stereocenters. The molecule has 3 aliphatic rings. The highest BCUT2D eigenvalue weighted by Gasteiger charge is 2.61. The third kappa shape index (κ3) is 7.40. The van der Waals surface area contributed by atoms with E-state index >= 15 is 0 Å². The van der Waals surface area contributed by atoms with Crippen LogP contribution in [-0.2, 0) is 33.4 Å². The van der Waals surface area contributed by atoms with Gasteiger partial charge in [-0.1, -0.05) is 42.8 Å². The summed E-state index contributed by atoms with van der Waals surface area (Å²) >= 11 is 3.26. The minimum Gasteiger partial charge on any atom is -0.479 e. The van der Waals surface area contributed by atoms with Crippen molar-refractivity contribution in [2.45, 2.75) is 94.0 Å². The number of carboxylic acids is 1. The van der Waals surface area contributed by atoms with Gasteiger partial charge in [-0.2, -0.15) is 8.42 Å². The number of halogens is 1. The summed E-state index contributed by atoms with van der Waals surface area (Å²) in [6.07, 6.45) is 2.60. The van der Waals surface area contributed by atoms with Gasteiger partial charge in [-0.05, 0) is 61.8 Å². The lowest BCUT2D eigenvalue weighted by Gasteiger charge is -2.35. The number of amides is 3. The molecule has 14 heteroatoms. The number of carboxylic acid groups (broad SMARTS) is 1. The molecule has 3 N–H and O–H groups in total. The van der Waals surface area contributed by atoms with Crippen molar-refractivity contribution in [1.82, 2.24) is 15.5 Å². The number of hydrogen-bond acceptors (Lipinski definition) is 8. The van der Waals surface area contributed by atoms with Crippen molar-refractivity contribution < 1.29 is 41.6 Å². The largest absolute Gasteiger partial charge is 0.479 e. The van der Waals surface area contributed by atoms with E-state index in [9.17, 15) is 32.7 Å². The minimum absolute atomic E-state index is 0.109. The molecule has 2 aliphatic carbocycles. The van der Waals surface area contributed by atoms with Gasteiger partial charge in [0.15, 0.2) is 0 Å². The second kappa shape index (κ2) is 12.6. The third-order valence-electron chi connectivity index (χ3n) is 8.19. The molecule has 5 unspecified atom stereocenters. The van der Waals surface area contributed by atoms with Crippen LogP contribution < -0.4 is 10.6 Å². The summed E-state index contributed by atoms with van der Waals surface area (Å²) in [4.78, 5) is 53.6. The molecule has 3 fully saturated rings. The molecule has 1 aliphatic heterocycles. The highest BCUT2D eigenvalue weighted by Crippen LogP contribution is 2.45. The summed E-state index contributed by atoms with van der Waals surface area (Å²) in [6.45, 7) is 8.55. The zero-order valence-electron chi connectivity index (χ0n) is 24.4. The average Bonchev–Trinajstić information content (AvgIpc) is 3.20. The molecule has 236 valence electrons. The molecule has 43 heavy (non-hydrogen) atoms. The van der Waals surface area contributed by atoms with Crippen LogP contribution in [0.15, 0.2) is 46.3 Å². The third-order valence-corrected chi connectivity index (χ3v) is 10.1. The number of rotatable bonds is 10. The van der Waals surface area contributed by atoms with Crippen LogP contribution in [0.25, 0.3) is 0 Å². The van der Waals surface area contributed by atoms with Crippen LogP contribution in [0.4, 0.5) is 4.79 Å². The summed E-state index contributed by atoms with van der Waals surface area (Å²) in [5, 5.41) is 15.0. The van der Waals surface area contributed by atoms with Gasteiger partial charge in [0, 0.05) is 23.4 Å². The van der Waals surface area contributed by atoms with Crippen molar-refractivity contribution in [3.63, 3.8) is 0 Å². The van der Waals surface area contributed by atoms with E-state index < -0.39 is 69.1 Å². The molecule has 1 aromatic rings. The monoisotopic (exact) mass is 683 g/mol. The Hall–Kier alpha value is -2.97. The molecular formula is C29H38BrN3O9S. The number of nitrogens with zero attached hydrogens (tertiary/aromatic N) is 1. The molecule has 0 radical (unpaired) electrons. The van der Waals surface area contributed by atoms with Crippen LogP contribution in [0.5, 0.6) is 0 Å². The van der Waals surface area contributed by atoms with Crippen LogP contribution in [0, 0.1) is 11.3 Å². The van der Waals surface area contributed by atoms with E-state index in [0.29, 0.717) is 4.47 Å². The predicted octanol–water partition coefficient (Wildman–Crippen LogP) is 3.35. The highest BCUT2D eigenvalue weighted by molar-refractivity contribution is 9.10. The van der Waals surface area contributed by atoms with E-state index in [1.165, 1.54) is 30.3 Å². The quantitative estimate of drug-likeness (QED) is 0.247. The molecule has 0 aromatic heterocycles. The lowest BCUT2D eigenvalue weighted by Crippen LogP contribution is -2.59. The molecule has 1 saturated heterocycles. The maximum atomic E-state index is 14.1. The van der Waals surface area contributed by atoms with Gasteiger partial charge >= 0.3 is 12.1 Å². The smallest absolute Gasteiger partial charge is 0.408 e. The molecule has 1 heterocycles. The van der Waals surface area contributed by atoms with E-state index in [0.717, 1.165) is 30.6 Å². The van der Waals surface area contributed by atoms with Gasteiger partial charge in [0.2, 0.25) is 11.8 Å². The average molecular weight is 685 g/mol. The van der Waals surface area contributed by atoms with Gasteiger partial charge in [0.1, 0.15) is 23.7 Å². The molecule has 0 spiro atoms. The van der Waals surface area contributed by atoms with E-state index in [1.54, 1.807) is 20.8 Å². The Morgan fingerprint density at radius 2 is 1.77 bits per heavy atom. The van der Waals surface area contributed by atoms with Crippen molar-refractivity contribution in [2.24, 2.45) is 11.3 Å². The van der Waals surface area contributed by atoms with Crippen molar-refractivity contribution in [3.8, 4) is 0 Å². The Labute approximate surface area is 259 Å². The Balaban J connectivity index is 1.59. The number of carbonyl (C=O) groups is 4. The number of hydrogen-bond donors (Lipinski definition) is 3. The lowest BCUT2D eigenvalue weighted by molar-refractivity contribution is -0.146. The SMILES string of the molecule is C=CC1CC1(NC(=O)C1CC(OS(=O)(=O)c2ccc(Br)cc2)CN1C(=O)C(NC(=O)OC1CCCC1)C(C)(C)C)C(=O)O. The summed E-state index contributed by atoms with van der Waals surface area (Å²) < 4.78 is 37.8. The van der Waals surface area contributed by atoms with Gasteiger partial charge in [0.25, 0.3) is 10.1 Å². The first-order valence-corrected chi connectivity index (χ1v) is 16.4. The van der Waals surface area contributed by atoms with E-state index in [1.807, 2.05) is 0 Å². The normalized spacial score (nSPS) is 26.4. The summed E-state index contributed by atoms with van der Waals surface area (Å²) in [5.41, 5.74) is -2.40. The number of nitrogens with one attached hydrogen (secondary N) is 2. The van der Waals surface area contributed by atoms with Crippen LogP contribution in [0.1, 0.15) is 59.3 Å².